The van der Waals surface area contributed by atoms with Crippen molar-refractivity contribution < 1.29 is 4.79 Å². The van der Waals surface area contributed by atoms with E-state index in [2.05, 4.69) is 19.2 Å². The smallest absolute Gasteiger partial charge is 0.239 e. The molecule has 0 aromatic rings. The summed E-state index contributed by atoms with van der Waals surface area (Å²) in [7, 11) is 0. The second-order valence-corrected chi connectivity index (χ2v) is 5.23. The molecule has 0 saturated carbocycles. The number of nitrogens with one attached hydrogen (secondary N) is 1. The molecule has 15 heavy (non-hydrogen) atoms. The van der Waals surface area contributed by atoms with Crippen molar-refractivity contribution in [3.05, 3.63) is 0 Å². The summed E-state index contributed by atoms with van der Waals surface area (Å²) in [4.78, 5) is 14.2. The van der Waals surface area contributed by atoms with Gasteiger partial charge in [0.1, 0.15) is 0 Å². The van der Waals surface area contributed by atoms with Gasteiger partial charge in [0.25, 0.3) is 0 Å². The molecule has 2 rings (SSSR count). The summed E-state index contributed by atoms with van der Waals surface area (Å²) in [5, 5.41) is 3.42. The van der Waals surface area contributed by atoms with Crippen molar-refractivity contribution in [1.29, 1.82) is 0 Å². The maximum atomic E-state index is 12.2. The Labute approximate surface area is 92.2 Å². The van der Waals surface area contributed by atoms with E-state index < -0.39 is 0 Å². The van der Waals surface area contributed by atoms with Gasteiger partial charge in [-0.3, -0.25) is 4.79 Å². The van der Waals surface area contributed by atoms with Crippen LogP contribution in [0.2, 0.25) is 0 Å². The van der Waals surface area contributed by atoms with Crippen LogP contribution in [0.3, 0.4) is 0 Å². The molecule has 0 bridgehead atoms. The molecule has 0 aromatic heterocycles. The van der Waals surface area contributed by atoms with Gasteiger partial charge in [-0.25, -0.2) is 0 Å². The Hall–Kier alpha value is -0.570. The monoisotopic (exact) mass is 210 g/mol. The van der Waals surface area contributed by atoms with Crippen LogP contribution < -0.4 is 5.32 Å². The minimum Gasteiger partial charge on any atom is -0.341 e. The fraction of sp³-hybridized carbons (Fsp3) is 0.917. The number of hydrogen-bond acceptors (Lipinski definition) is 2. The summed E-state index contributed by atoms with van der Waals surface area (Å²) in [5.74, 6) is 1.03. The van der Waals surface area contributed by atoms with E-state index in [1.807, 2.05) is 4.90 Å². The zero-order chi connectivity index (χ0) is 10.8. The number of likely N-dealkylation sites (tertiary alicyclic amines) is 1. The summed E-state index contributed by atoms with van der Waals surface area (Å²) < 4.78 is 0. The number of nitrogens with zero attached hydrogens (tertiary/aromatic N) is 1. The lowest BCUT2D eigenvalue weighted by Gasteiger charge is -2.30. The van der Waals surface area contributed by atoms with Gasteiger partial charge in [-0.1, -0.05) is 6.92 Å². The van der Waals surface area contributed by atoms with Gasteiger partial charge in [0.2, 0.25) is 5.91 Å². The number of amides is 1. The lowest BCUT2D eigenvalue weighted by atomic mass is 9.99. The van der Waals surface area contributed by atoms with Gasteiger partial charge in [-0.15, -0.1) is 0 Å². The number of piperidine rings is 1. The minimum atomic E-state index is 0.0963. The van der Waals surface area contributed by atoms with Crippen molar-refractivity contribution in [1.82, 2.24) is 10.2 Å². The zero-order valence-corrected chi connectivity index (χ0v) is 9.83. The molecule has 0 spiro atoms. The number of hydrogen-bond donors (Lipinski definition) is 1. The van der Waals surface area contributed by atoms with E-state index in [1.54, 1.807) is 0 Å². The van der Waals surface area contributed by atoms with Gasteiger partial charge in [-0.2, -0.15) is 0 Å². The van der Waals surface area contributed by atoms with Gasteiger partial charge >= 0.3 is 0 Å². The average Bonchev–Trinajstić information content (AvgIpc) is 2.64. The number of carbonyl (C=O) groups excluding carboxylic acids is 1. The van der Waals surface area contributed by atoms with Crippen LogP contribution in [0.4, 0.5) is 0 Å². The molecule has 2 aliphatic heterocycles. The molecular formula is C12H22N2O. The van der Waals surface area contributed by atoms with E-state index >= 15 is 0 Å². The Morgan fingerprint density at radius 1 is 1.27 bits per heavy atom. The molecule has 2 aliphatic rings. The highest BCUT2D eigenvalue weighted by molar-refractivity contribution is 5.82. The van der Waals surface area contributed by atoms with Gasteiger partial charge in [0.05, 0.1) is 6.04 Å². The van der Waals surface area contributed by atoms with Crippen LogP contribution in [0.15, 0.2) is 0 Å². The van der Waals surface area contributed by atoms with Crippen molar-refractivity contribution in [3.8, 4) is 0 Å². The topological polar surface area (TPSA) is 32.3 Å². The van der Waals surface area contributed by atoms with Crippen LogP contribution in [0.5, 0.6) is 0 Å². The van der Waals surface area contributed by atoms with Gasteiger partial charge < -0.3 is 10.2 Å². The summed E-state index contributed by atoms with van der Waals surface area (Å²) in [6, 6.07) is 0.603. The standard InChI is InChI=1S/C12H22N2O/c1-9-6-7-14(8-9)12(15)11-5-3-4-10(2)13-11/h9-11,13H,3-8H2,1-2H3. The second kappa shape index (κ2) is 4.52. The molecule has 3 heteroatoms. The summed E-state index contributed by atoms with van der Waals surface area (Å²) >= 11 is 0. The first-order valence-corrected chi connectivity index (χ1v) is 6.21. The van der Waals surface area contributed by atoms with Crippen molar-refractivity contribution >= 4 is 5.91 Å². The molecule has 0 aliphatic carbocycles. The van der Waals surface area contributed by atoms with Crippen LogP contribution in [0.1, 0.15) is 39.5 Å². The number of carbonyl (C=O) groups is 1. The molecule has 3 nitrogen and oxygen atoms in total. The van der Waals surface area contributed by atoms with Crippen LogP contribution in [-0.4, -0.2) is 36.0 Å². The fourth-order valence-electron chi connectivity index (χ4n) is 2.69. The molecule has 86 valence electrons. The first-order valence-electron chi connectivity index (χ1n) is 6.21. The first kappa shape index (κ1) is 10.9. The molecule has 2 heterocycles. The van der Waals surface area contributed by atoms with Gasteiger partial charge in [0.15, 0.2) is 0 Å². The molecule has 2 saturated heterocycles. The van der Waals surface area contributed by atoms with Crippen LogP contribution >= 0.6 is 0 Å². The van der Waals surface area contributed by atoms with E-state index in [9.17, 15) is 4.79 Å². The van der Waals surface area contributed by atoms with E-state index in [1.165, 1.54) is 19.3 Å². The maximum absolute atomic E-state index is 12.2. The minimum absolute atomic E-state index is 0.0963. The molecule has 0 radical (unpaired) electrons. The zero-order valence-electron chi connectivity index (χ0n) is 9.83. The predicted molar refractivity (Wildman–Crippen MR) is 60.6 cm³/mol. The Morgan fingerprint density at radius 3 is 2.67 bits per heavy atom. The normalized spacial score (nSPS) is 36.9. The summed E-state index contributed by atoms with van der Waals surface area (Å²) in [6.45, 7) is 6.33. The van der Waals surface area contributed by atoms with E-state index in [0.717, 1.165) is 19.5 Å². The quantitative estimate of drug-likeness (QED) is 0.709. The Morgan fingerprint density at radius 2 is 2.07 bits per heavy atom. The van der Waals surface area contributed by atoms with Crippen LogP contribution in [0.25, 0.3) is 0 Å². The van der Waals surface area contributed by atoms with Crippen LogP contribution in [-0.2, 0) is 4.79 Å². The Kier molecular flexibility index (Phi) is 3.29. The SMILES string of the molecule is CC1CCN(C(=O)C2CCCC(C)N2)C1. The molecular weight excluding hydrogens is 188 g/mol. The Bertz CT molecular complexity index is 242. The largest absolute Gasteiger partial charge is 0.341 e. The van der Waals surface area contributed by atoms with Crippen LogP contribution in [0, 0.1) is 5.92 Å². The highest BCUT2D eigenvalue weighted by Gasteiger charge is 2.31. The summed E-state index contributed by atoms with van der Waals surface area (Å²) in [6.07, 6.45) is 4.59. The highest BCUT2D eigenvalue weighted by atomic mass is 16.2. The Balaban J connectivity index is 1.89. The molecule has 0 aromatic carbocycles. The lowest BCUT2D eigenvalue weighted by Crippen LogP contribution is -2.50. The molecule has 3 unspecified atom stereocenters. The highest BCUT2D eigenvalue weighted by Crippen LogP contribution is 2.19. The van der Waals surface area contributed by atoms with Crippen molar-refractivity contribution in [3.63, 3.8) is 0 Å². The second-order valence-electron chi connectivity index (χ2n) is 5.23. The first-order chi connectivity index (χ1) is 7.16. The van der Waals surface area contributed by atoms with E-state index in [0.29, 0.717) is 17.9 Å². The molecule has 3 atom stereocenters. The third kappa shape index (κ3) is 2.51. The third-order valence-corrected chi connectivity index (χ3v) is 3.65. The van der Waals surface area contributed by atoms with Crippen molar-refractivity contribution in [2.24, 2.45) is 5.92 Å². The lowest BCUT2D eigenvalue weighted by molar-refractivity contribution is -0.133. The third-order valence-electron chi connectivity index (χ3n) is 3.65. The molecule has 1 amide bonds. The fourth-order valence-corrected chi connectivity index (χ4v) is 2.69. The molecule has 1 N–H and O–H groups in total. The maximum Gasteiger partial charge on any atom is 0.239 e. The van der Waals surface area contributed by atoms with Gasteiger partial charge in [-0.05, 0) is 38.5 Å². The molecule has 2 fully saturated rings. The van der Waals surface area contributed by atoms with Gasteiger partial charge in [0, 0.05) is 19.1 Å². The van der Waals surface area contributed by atoms with E-state index in [4.69, 9.17) is 0 Å². The summed E-state index contributed by atoms with van der Waals surface area (Å²) in [5.41, 5.74) is 0. The van der Waals surface area contributed by atoms with Crippen molar-refractivity contribution in [2.75, 3.05) is 13.1 Å². The van der Waals surface area contributed by atoms with E-state index in [-0.39, 0.29) is 6.04 Å². The average molecular weight is 210 g/mol. The van der Waals surface area contributed by atoms with Crippen molar-refractivity contribution in [2.45, 2.75) is 51.6 Å². The predicted octanol–water partition coefficient (Wildman–Crippen LogP) is 1.39. The number of rotatable bonds is 1.